The molecule has 1 unspecified atom stereocenters. The van der Waals surface area contributed by atoms with Gasteiger partial charge in [0.1, 0.15) is 0 Å². The van der Waals surface area contributed by atoms with Gasteiger partial charge in [0.25, 0.3) is 0 Å². The Labute approximate surface area is 124 Å². The SMILES string of the molecule is CC(C)C(NCc1ccccc1Br)c1ccccc1. The molecular weight excluding hydrogens is 298 g/mol. The Kier molecular flexibility index (Phi) is 5.17. The molecule has 1 atom stereocenters. The highest BCUT2D eigenvalue weighted by atomic mass is 79.9. The average molecular weight is 318 g/mol. The summed E-state index contributed by atoms with van der Waals surface area (Å²) in [4.78, 5) is 0. The van der Waals surface area contributed by atoms with Gasteiger partial charge in [-0.15, -0.1) is 0 Å². The maximum absolute atomic E-state index is 3.66. The molecule has 2 aromatic rings. The number of halogens is 1. The summed E-state index contributed by atoms with van der Waals surface area (Å²) < 4.78 is 1.16. The van der Waals surface area contributed by atoms with E-state index in [4.69, 9.17) is 0 Å². The molecule has 0 aliphatic rings. The van der Waals surface area contributed by atoms with E-state index in [0.29, 0.717) is 12.0 Å². The van der Waals surface area contributed by atoms with Crippen LogP contribution < -0.4 is 5.32 Å². The van der Waals surface area contributed by atoms with Gasteiger partial charge in [-0.1, -0.05) is 78.3 Å². The van der Waals surface area contributed by atoms with Crippen molar-refractivity contribution in [3.05, 3.63) is 70.2 Å². The molecule has 0 spiro atoms. The molecule has 2 aromatic carbocycles. The van der Waals surface area contributed by atoms with Crippen LogP contribution in [-0.4, -0.2) is 0 Å². The first-order valence-electron chi connectivity index (χ1n) is 6.70. The fraction of sp³-hybridized carbons (Fsp3) is 0.294. The monoisotopic (exact) mass is 317 g/mol. The van der Waals surface area contributed by atoms with Crippen molar-refractivity contribution in [2.45, 2.75) is 26.4 Å². The molecule has 0 amide bonds. The molecule has 2 rings (SSSR count). The van der Waals surface area contributed by atoms with Crippen LogP contribution in [0.2, 0.25) is 0 Å². The third-order valence-electron chi connectivity index (χ3n) is 3.30. The molecule has 0 radical (unpaired) electrons. The molecule has 0 fully saturated rings. The predicted molar refractivity (Wildman–Crippen MR) is 85.0 cm³/mol. The van der Waals surface area contributed by atoms with E-state index in [1.807, 2.05) is 6.07 Å². The minimum atomic E-state index is 0.383. The van der Waals surface area contributed by atoms with Crippen molar-refractivity contribution in [1.29, 1.82) is 0 Å². The second kappa shape index (κ2) is 6.88. The molecule has 0 aliphatic carbocycles. The summed E-state index contributed by atoms with van der Waals surface area (Å²) in [6.07, 6.45) is 0. The summed E-state index contributed by atoms with van der Waals surface area (Å²) >= 11 is 3.60. The largest absolute Gasteiger partial charge is 0.306 e. The van der Waals surface area contributed by atoms with Crippen molar-refractivity contribution < 1.29 is 0 Å². The van der Waals surface area contributed by atoms with Crippen molar-refractivity contribution in [3.8, 4) is 0 Å². The molecule has 1 N–H and O–H groups in total. The maximum Gasteiger partial charge on any atom is 0.0346 e. The van der Waals surface area contributed by atoms with E-state index in [9.17, 15) is 0 Å². The Morgan fingerprint density at radius 3 is 2.21 bits per heavy atom. The summed E-state index contributed by atoms with van der Waals surface area (Å²) in [6.45, 7) is 5.38. The molecule has 2 heteroatoms. The molecule has 0 saturated heterocycles. The van der Waals surface area contributed by atoms with E-state index in [1.54, 1.807) is 0 Å². The topological polar surface area (TPSA) is 12.0 Å². The van der Waals surface area contributed by atoms with Crippen molar-refractivity contribution >= 4 is 15.9 Å². The van der Waals surface area contributed by atoms with Crippen LogP contribution >= 0.6 is 15.9 Å². The van der Waals surface area contributed by atoms with E-state index in [1.165, 1.54) is 11.1 Å². The van der Waals surface area contributed by atoms with Gasteiger partial charge in [0.05, 0.1) is 0 Å². The molecule has 0 saturated carbocycles. The van der Waals surface area contributed by atoms with Crippen LogP contribution in [0.25, 0.3) is 0 Å². The molecule has 19 heavy (non-hydrogen) atoms. The Bertz CT molecular complexity index is 508. The Morgan fingerprint density at radius 1 is 0.947 bits per heavy atom. The van der Waals surface area contributed by atoms with Crippen molar-refractivity contribution in [2.75, 3.05) is 0 Å². The molecule has 1 nitrogen and oxygen atoms in total. The van der Waals surface area contributed by atoms with Crippen LogP contribution in [0.3, 0.4) is 0 Å². The molecule has 0 aliphatic heterocycles. The van der Waals surface area contributed by atoms with Gasteiger partial charge in [-0.05, 0) is 23.1 Å². The first-order valence-corrected chi connectivity index (χ1v) is 7.49. The van der Waals surface area contributed by atoms with E-state index < -0.39 is 0 Å². The van der Waals surface area contributed by atoms with Gasteiger partial charge in [-0.25, -0.2) is 0 Å². The molecule has 0 heterocycles. The summed E-state index contributed by atoms with van der Waals surface area (Å²) in [7, 11) is 0. The zero-order valence-electron chi connectivity index (χ0n) is 11.4. The summed E-state index contributed by atoms with van der Waals surface area (Å²) in [5.74, 6) is 0.560. The van der Waals surface area contributed by atoms with E-state index in [0.717, 1.165) is 11.0 Å². The third kappa shape index (κ3) is 3.92. The zero-order valence-corrected chi connectivity index (χ0v) is 13.0. The van der Waals surface area contributed by atoms with Crippen LogP contribution in [0.4, 0.5) is 0 Å². The maximum atomic E-state index is 3.66. The highest BCUT2D eigenvalue weighted by Gasteiger charge is 2.14. The van der Waals surface area contributed by atoms with Gasteiger partial charge in [-0.2, -0.15) is 0 Å². The van der Waals surface area contributed by atoms with Gasteiger partial charge in [0, 0.05) is 17.1 Å². The smallest absolute Gasteiger partial charge is 0.0346 e. The molecular formula is C17H20BrN. The lowest BCUT2D eigenvalue weighted by Gasteiger charge is -2.23. The van der Waals surface area contributed by atoms with Gasteiger partial charge in [0.15, 0.2) is 0 Å². The Balaban J connectivity index is 2.09. The molecule has 0 aromatic heterocycles. The van der Waals surface area contributed by atoms with E-state index >= 15 is 0 Å². The van der Waals surface area contributed by atoms with Crippen molar-refractivity contribution in [2.24, 2.45) is 5.92 Å². The lowest BCUT2D eigenvalue weighted by molar-refractivity contribution is 0.410. The number of hydrogen-bond acceptors (Lipinski definition) is 1. The highest BCUT2D eigenvalue weighted by Crippen LogP contribution is 2.23. The van der Waals surface area contributed by atoms with Crippen LogP contribution in [0, 0.1) is 5.92 Å². The van der Waals surface area contributed by atoms with Gasteiger partial charge in [-0.3, -0.25) is 0 Å². The second-order valence-corrected chi connectivity index (χ2v) is 5.96. The number of benzene rings is 2. The van der Waals surface area contributed by atoms with Gasteiger partial charge in [0.2, 0.25) is 0 Å². The number of nitrogens with one attached hydrogen (secondary N) is 1. The number of rotatable bonds is 5. The average Bonchev–Trinajstić information content (AvgIpc) is 2.42. The standard InChI is InChI=1S/C17H20BrN/c1-13(2)17(14-8-4-3-5-9-14)19-12-15-10-6-7-11-16(15)18/h3-11,13,17,19H,12H2,1-2H3. The van der Waals surface area contributed by atoms with E-state index in [2.05, 4.69) is 83.6 Å². The first kappa shape index (κ1) is 14.3. The summed E-state index contributed by atoms with van der Waals surface area (Å²) in [6, 6.07) is 19.4. The predicted octanol–water partition coefficient (Wildman–Crippen LogP) is 4.94. The normalized spacial score (nSPS) is 12.6. The van der Waals surface area contributed by atoms with Crippen LogP contribution in [0.5, 0.6) is 0 Å². The minimum absolute atomic E-state index is 0.383. The number of hydrogen-bond donors (Lipinski definition) is 1. The van der Waals surface area contributed by atoms with Crippen LogP contribution in [-0.2, 0) is 6.54 Å². The molecule has 0 bridgehead atoms. The van der Waals surface area contributed by atoms with Crippen molar-refractivity contribution in [3.63, 3.8) is 0 Å². The molecule has 100 valence electrons. The fourth-order valence-electron chi connectivity index (χ4n) is 2.26. The Morgan fingerprint density at radius 2 is 1.58 bits per heavy atom. The summed E-state index contributed by atoms with van der Waals surface area (Å²) in [5.41, 5.74) is 2.65. The lowest BCUT2D eigenvalue weighted by Crippen LogP contribution is -2.25. The first-order chi connectivity index (χ1) is 9.18. The third-order valence-corrected chi connectivity index (χ3v) is 4.07. The minimum Gasteiger partial charge on any atom is -0.306 e. The van der Waals surface area contributed by atoms with Gasteiger partial charge >= 0.3 is 0 Å². The quantitative estimate of drug-likeness (QED) is 0.824. The van der Waals surface area contributed by atoms with E-state index in [-0.39, 0.29) is 0 Å². The highest BCUT2D eigenvalue weighted by molar-refractivity contribution is 9.10. The van der Waals surface area contributed by atoms with Crippen molar-refractivity contribution in [1.82, 2.24) is 5.32 Å². The second-order valence-electron chi connectivity index (χ2n) is 5.10. The zero-order chi connectivity index (χ0) is 13.7. The fourth-order valence-corrected chi connectivity index (χ4v) is 2.69. The summed E-state index contributed by atoms with van der Waals surface area (Å²) in [5, 5.41) is 3.66. The Hall–Kier alpha value is -1.12. The van der Waals surface area contributed by atoms with Gasteiger partial charge < -0.3 is 5.32 Å². The lowest BCUT2D eigenvalue weighted by atomic mass is 9.96. The van der Waals surface area contributed by atoms with Crippen LogP contribution in [0.1, 0.15) is 31.0 Å². The van der Waals surface area contributed by atoms with Crippen LogP contribution in [0.15, 0.2) is 59.1 Å².